The van der Waals surface area contributed by atoms with Gasteiger partial charge in [0.25, 0.3) is 0 Å². The Hall–Kier alpha value is -1.43. The lowest BCUT2D eigenvalue weighted by atomic mass is 10.2. The molecule has 0 bridgehead atoms. The number of rotatable bonds is 7. The molecule has 1 rings (SSSR count). The summed E-state index contributed by atoms with van der Waals surface area (Å²) in [6.07, 6.45) is 3.57. The maximum atomic E-state index is 12.0. The molecule has 0 spiro atoms. The average molecular weight is 268 g/mol. The maximum absolute atomic E-state index is 12.0. The third-order valence-corrected chi connectivity index (χ3v) is 3.14. The Morgan fingerprint density at radius 3 is 2.74 bits per heavy atom. The zero-order valence-corrected chi connectivity index (χ0v) is 12.1. The van der Waals surface area contributed by atoms with Crippen LogP contribution < -0.4 is 5.32 Å². The number of nitrogens with one attached hydrogen (secondary N) is 1. The second kappa shape index (κ2) is 7.23. The highest BCUT2D eigenvalue weighted by molar-refractivity contribution is 5.79. The van der Waals surface area contributed by atoms with Gasteiger partial charge in [0.05, 0.1) is 12.3 Å². The zero-order chi connectivity index (χ0) is 14.4. The first-order valence-corrected chi connectivity index (χ1v) is 6.89. The number of carbonyl (C=O) groups is 1. The molecule has 0 aliphatic carbocycles. The van der Waals surface area contributed by atoms with Gasteiger partial charge in [-0.3, -0.25) is 4.79 Å². The molecule has 3 atom stereocenters. The minimum absolute atomic E-state index is 0.0802. The molecular weight excluding hydrogens is 244 g/mol. The van der Waals surface area contributed by atoms with Crippen LogP contribution in [-0.2, 0) is 4.79 Å². The first kappa shape index (κ1) is 15.6. The lowest BCUT2D eigenvalue weighted by molar-refractivity contribution is -0.124. The summed E-state index contributed by atoms with van der Waals surface area (Å²) >= 11 is 0. The zero-order valence-electron chi connectivity index (χ0n) is 12.1. The Morgan fingerprint density at radius 2 is 2.16 bits per heavy atom. The van der Waals surface area contributed by atoms with Crippen LogP contribution in [-0.4, -0.2) is 32.0 Å². The number of amides is 1. The second-order valence-electron chi connectivity index (χ2n) is 4.92. The molecule has 0 aliphatic rings. The standard InChI is InChI=1S/C13H24N4O2/c1-5-7-9(3)14-13(19)10(4)17-8-11(15-16-17)12(18)6-2/h8-10,12,18H,5-7H2,1-4H3,(H,14,19). The van der Waals surface area contributed by atoms with Crippen LogP contribution in [0.4, 0.5) is 0 Å². The van der Waals surface area contributed by atoms with E-state index in [1.54, 1.807) is 13.1 Å². The van der Waals surface area contributed by atoms with Gasteiger partial charge < -0.3 is 10.4 Å². The Kier molecular flexibility index (Phi) is 5.95. The molecular formula is C13H24N4O2. The first-order chi connectivity index (χ1) is 8.99. The lowest BCUT2D eigenvalue weighted by Gasteiger charge is -2.16. The molecule has 6 heteroatoms. The van der Waals surface area contributed by atoms with E-state index in [-0.39, 0.29) is 11.9 Å². The van der Waals surface area contributed by atoms with E-state index in [2.05, 4.69) is 22.6 Å². The van der Waals surface area contributed by atoms with E-state index in [1.807, 2.05) is 13.8 Å². The van der Waals surface area contributed by atoms with E-state index in [1.165, 1.54) is 4.68 Å². The van der Waals surface area contributed by atoms with E-state index in [9.17, 15) is 9.90 Å². The summed E-state index contributed by atoms with van der Waals surface area (Å²) in [4.78, 5) is 12.0. The quantitative estimate of drug-likeness (QED) is 0.787. The lowest BCUT2D eigenvalue weighted by Crippen LogP contribution is -2.37. The fourth-order valence-electron chi connectivity index (χ4n) is 1.83. The van der Waals surface area contributed by atoms with Gasteiger partial charge in [0.1, 0.15) is 11.7 Å². The summed E-state index contributed by atoms with van der Waals surface area (Å²) in [7, 11) is 0. The highest BCUT2D eigenvalue weighted by Gasteiger charge is 2.19. The number of aliphatic hydroxyl groups excluding tert-OH is 1. The number of nitrogens with zero attached hydrogens (tertiary/aromatic N) is 3. The van der Waals surface area contributed by atoms with Gasteiger partial charge in [0.15, 0.2) is 0 Å². The van der Waals surface area contributed by atoms with Crippen LogP contribution >= 0.6 is 0 Å². The predicted octanol–water partition coefficient (Wildman–Crippen LogP) is 1.59. The van der Waals surface area contributed by atoms with Gasteiger partial charge in [-0.15, -0.1) is 5.10 Å². The third-order valence-electron chi connectivity index (χ3n) is 3.14. The van der Waals surface area contributed by atoms with Gasteiger partial charge in [-0.05, 0) is 26.7 Å². The van der Waals surface area contributed by atoms with E-state index in [0.29, 0.717) is 12.1 Å². The third kappa shape index (κ3) is 4.31. The minimum Gasteiger partial charge on any atom is -0.387 e. The van der Waals surface area contributed by atoms with Gasteiger partial charge in [0, 0.05) is 6.04 Å². The van der Waals surface area contributed by atoms with Crippen molar-refractivity contribution >= 4 is 5.91 Å². The van der Waals surface area contributed by atoms with Gasteiger partial charge in [0.2, 0.25) is 5.91 Å². The molecule has 0 saturated heterocycles. The first-order valence-electron chi connectivity index (χ1n) is 6.89. The summed E-state index contributed by atoms with van der Waals surface area (Å²) in [5.41, 5.74) is 0.503. The smallest absolute Gasteiger partial charge is 0.244 e. The van der Waals surface area contributed by atoms with E-state index < -0.39 is 12.1 Å². The van der Waals surface area contributed by atoms with Crippen molar-refractivity contribution in [2.45, 2.75) is 65.1 Å². The number of carbonyl (C=O) groups excluding carboxylic acids is 1. The molecule has 1 amide bonds. The van der Waals surface area contributed by atoms with Crippen LogP contribution in [0.2, 0.25) is 0 Å². The average Bonchev–Trinajstić information content (AvgIpc) is 2.86. The van der Waals surface area contributed by atoms with Crippen molar-refractivity contribution in [3.63, 3.8) is 0 Å². The molecule has 19 heavy (non-hydrogen) atoms. The monoisotopic (exact) mass is 268 g/mol. The van der Waals surface area contributed by atoms with Gasteiger partial charge in [-0.1, -0.05) is 25.5 Å². The molecule has 0 aromatic carbocycles. The summed E-state index contributed by atoms with van der Waals surface area (Å²) < 4.78 is 1.49. The second-order valence-corrected chi connectivity index (χ2v) is 4.92. The van der Waals surface area contributed by atoms with Crippen molar-refractivity contribution in [3.05, 3.63) is 11.9 Å². The predicted molar refractivity (Wildman–Crippen MR) is 72.5 cm³/mol. The Balaban J connectivity index is 2.64. The molecule has 1 aromatic rings. The Labute approximate surface area is 114 Å². The molecule has 0 saturated carbocycles. The van der Waals surface area contributed by atoms with Crippen molar-refractivity contribution < 1.29 is 9.90 Å². The number of aromatic nitrogens is 3. The van der Waals surface area contributed by atoms with Crippen molar-refractivity contribution in [2.75, 3.05) is 0 Å². The Morgan fingerprint density at radius 1 is 1.47 bits per heavy atom. The van der Waals surface area contributed by atoms with Crippen LogP contribution in [0.15, 0.2) is 6.20 Å². The van der Waals surface area contributed by atoms with Gasteiger partial charge in [-0.25, -0.2) is 4.68 Å². The van der Waals surface area contributed by atoms with E-state index in [4.69, 9.17) is 0 Å². The molecule has 1 aromatic heterocycles. The molecule has 6 nitrogen and oxygen atoms in total. The fraction of sp³-hybridized carbons (Fsp3) is 0.769. The molecule has 0 radical (unpaired) electrons. The topological polar surface area (TPSA) is 80.0 Å². The number of hydrogen-bond donors (Lipinski definition) is 2. The van der Waals surface area contributed by atoms with Gasteiger partial charge >= 0.3 is 0 Å². The summed E-state index contributed by atoms with van der Waals surface area (Å²) in [5, 5.41) is 20.4. The normalized spacial score (nSPS) is 15.8. The van der Waals surface area contributed by atoms with Crippen LogP contribution in [0.25, 0.3) is 0 Å². The van der Waals surface area contributed by atoms with Crippen LogP contribution in [0.1, 0.15) is 64.8 Å². The molecule has 1 heterocycles. The van der Waals surface area contributed by atoms with E-state index in [0.717, 1.165) is 12.8 Å². The molecule has 3 unspecified atom stereocenters. The summed E-state index contributed by atoms with van der Waals surface area (Å²) in [6.45, 7) is 7.71. The largest absolute Gasteiger partial charge is 0.387 e. The molecule has 108 valence electrons. The molecule has 0 fully saturated rings. The molecule has 2 N–H and O–H groups in total. The van der Waals surface area contributed by atoms with Crippen molar-refractivity contribution in [1.82, 2.24) is 20.3 Å². The summed E-state index contributed by atoms with van der Waals surface area (Å²) in [6, 6.07) is -0.270. The van der Waals surface area contributed by atoms with Crippen LogP contribution in [0.5, 0.6) is 0 Å². The SMILES string of the molecule is CCCC(C)NC(=O)C(C)n1cc(C(O)CC)nn1. The highest BCUT2D eigenvalue weighted by Crippen LogP contribution is 2.14. The Bertz CT molecular complexity index is 405. The van der Waals surface area contributed by atoms with Crippen LogP contribution in [0, 0.1) is 0 Å². The van der Waals surface area contributed by atoms with Crippen molar-refractivity contribution in [2.24, 2.45) is 0 Å². The molecule has 0 aliphatic heterocycles. The summed E-state index contributed by atoms with van der Waals surface area (Å²) in [5.74, 6) is -0.0802. The van der Waals surface area contributed by atoms with Crippen molar-refractivity contribution in [1.29, 1.82) is 0 Å². The number of hydrogen-bond acceptors (Lipinski definition) is 4. The van der Waals surface area contributed by atoms with Crippen molar-refractivity contribution in [3.8, 4) is 0 Å². The highest BCUT2D eigenvalue weighted by atomic mass is 16.3. The number of aliphatic hydroxyl groups is 1. The van der Waals surface area contributed by atoms with E-state index >= 15 is 0 Å². The maximum Gasteiger partial charge on any atom is 0.244 e. The fourth-order valence-corrected chi connectivity index (χ4v) is 1.83. The van der Waals surface area contributed by atoms with Crippen LogP contribution in [0.3, 0.4) is 0 Å². The minimum atomic E-state index is -0.622. The van der Waals surface area contributed by atoms with Gasteiger partial charge in [-0.2, -0.15) is 0 Å².